The summed E-state index contributed by atoms with van der Waals surface area (Å²) in [4.78, 5) is 22.2. The molecule has 4 rings (SSSR count). The quantitative estimate of drug-likeness (QED) is 0.490. The van der Waals surface area contributed by atoms with Gasteiger partial charge < -0.3 is 15.0 Å². The Morgan fingerprint density at radius 3 is 2.35 bits per heavy atom. The van der Waals surface area contributed by atoms with Gasteiger partial charge in [-0.1, -0.05) is 0 Å². The molecule has 1 saturated heterocycles. The monoisotopic (exact) mass is 468 g/mol. The van der Waals surface area contributed by atoms with Gasteiger partial charge in [0, 0.05) is 43.5 Å². The van der Waals surface area contributed by atoms with Gasteiger partial charge in [-0.3, -0.25) is 0 Å². The van der Waals surface area contributed by atoms with E-state index in [1.807, 2.05) is 25.8 Å². The van der Waals surface area contributed by atoms with E-state index >= 15 is 0 Å². The summed E-state index contributed by atoms with van der Waals surface area (Å²) in [5, 5.41) is 7.14. The summed E-state index contributed by atoms with van der Waals surface area (Å²) in [5.41, 5.74) is 2.24. The summed E-state index contributed by atoms with van der Waals surface area (Å²) in [6, 6.07) is 5.12. The maximum atomic E-state index is 12.3. The Kier molecular flexibility index (Phi) is 7.32. The molecule has 10 heteroatoms. The highest BCUT2D eigenvalue weighted by Gasteiger charge is 2.31. The number of nitrogens with one attached hydrogen (secondary N) is 1. The van der Waals surface area contributed by atoms with E-state index in [-0.39, 0.29) is 0 Å². The molecule has 1 aliphatic heterocycles. The van der Waals surface area contributed by atoms with Crippen LogP contribution in [0.3, 0.4) is 0 Å². The lowest BCUT2D eigenvalue weighted by atomic mass is 9.96. The molecule has 1 fully saturated rings. The highest BCUT2D eigenvalue weighted by Crippen LogP contribution is 2.33. The van der Waals surface area contributed by atoms with Crippen molar-refractivity contribution in [1.29, 1.82) is 0 Å². The molecule has 1 aliphatic rings. The van der Waals surface area contributed by atoms with Crippen LogP contribution in [0.1, 0.15) is 22.7 Å². The SMILES string of the molecule is CNc1nc(-c2sc(C)nc2C)cs1.O=CCC1CN(c2ccc(C(F)(F)F)cc2)C1. The topological polar surface area (TPSA) is 58.1 Å². The van der Waals surface area contributed by atoms with Gasteiger partial charge in [-0.25, -0.2) is 9.97 Å². The van der Waals surface area contributed by atoms with Crippen LogP contribution in [0.5, 0.6) is 0 Å². The van der Waals surface area contributed by atoms with Crippen LogP contribution in [0.25, 0.3) is 10.6 Å². The Morgan fingerprint density at radius 2 is 1.87 bits per heavy atom. The summed E-state index contributed by atoms with van der Waals surface area (Å²) < 4.78 is 37.0. The van der Waals surface area contributed by atoms with Gasteiger partial charge in [0.2, 0.25) is 0 Å². The molecule has 31 heavy (non-hydrogen) atoms. The molecule has 1 aromatic carbocycles. The first-order chi connectivity index (χ1) is 14.7. The van der Waals surface area contributed by atoms with Crippen molar-refractivity contribution in [3.8, 4) is 10.6 Å². The zero-order valence-electron chi connectivity index (χ0n) is 17.4. The van der Waals surface area contributed by atoms with Gasteiger partial charge in [0.1, 0.15) is 6.29 Å². The second-order valence-corrected chi connectivity index (χ2v) is 9.21. The first-order valence-electron chi connectivity index (χ1n) is 9.64. The third kappa shape index (κ3) is 5.82. The minimum absolute atomic E-state index is 0.342. The van der Waals surface area contributed by atoms with Crippen LogP contribution in [0.2, 0.25) is 0 Å². The number of aromatic nitrogens is 2. The average molecular weight is 469 g/mol. The van der Waals surface area contributed by atoms with Crippen molar-refractivity contribution in [2.24, 2.45) is 5.92 Å². The van der Waals surface area contributed by atoms with E-state index in [1.54, 1.807) is 22.7 Å². The number of nitrogens with zero attached hydrogens (tertiary/aromatic N) is 3. The summed E-state index contributed by atoms with van der Waals surface area (Å²) >= 11 is 3.32. The van der Waals surface area contributed by atoms with Gasteiger partial charge in [-0.05, 0) is 38.1 Å². The molecule has 0 spiro atoms. The molecule has 0 atom stereocenters. The summed E-state index contributed by atoms with van der Waals surface area (Å²) in [6.07, 6.45) is -2.88. The Labute approximate surface area is 187 Å². The number of alkyl halides is 3. The van der Waals surface area contributed by atoms with E-state index in [0.717, 1.165) is 58.7 Å². The fourth-order valence-electron chi connectivity index (χ4n) is 3.19. The standard InChI is InChI=1S/C12H12F3NO.C9H11N3S2/c13-12(14,15)10-1-3-11(4-2-10)16-7-9(8-16)5-6-17;1-5-8(14-6(2)11-5)7-4-13-9(10-3)12-7/h1-4,6,9H,5,7-8H2;4H,1-3H3,(H,10,12). The number of aryl methyl sites for hydroxylation is 2. The van der Waals surface area contributed by atoms with E-state index in [1.165, 1.54) is 17.0 Å². The van der Waals surface area contributed by atoms with Crippen molar-refractivity contribution in [2.75, 3.05) is 30.4 Å². The van der Waals surface area contributed by atoms with Gasteiger partial charge in [0.15, 0.2) is 5.13 Å². The number of anilines is 2. The molecule has 0 unspecified atom stereocenters. The van der Waals surface area contributed by atoms with Crippen molar-refractivity contribution < 1.29 is 18.0 Å². The number of hydrogen-bond donors (Lipinski definition) is 1. The smallest absolute Gasteiger partial charge is 0.371 e. The highest BCUT2D eigenvalue weighted by atomic mass is 32.1. The normalized spacial score (nSPS) is 13.9. The summed E-state index contributed by atoms with van der Waals surface area (Å²) in [7, 11) is 1.88. The lowest BCUT2D eigenvalue weighted by Crippen LogP contribution is -2.46. The zero-order chi connectivity index (χ0) is 22.6. The van der Waals surface area contributed by atoms with Gasteiger partial charge in [-0.2, -0.15) is 13.2 Å². The third-order valence-electron chi connectivity index (χ3n) is 4.80. The van der Waals surface area contributed by atoms with Crippen LogP contribution < -0.4 is 10.2 Å². The van der Waals surface area contributed by atoms with Gasteiger partial charge in [0.05, 0.1) is 26.8 Å². The molecule has 0 bridgehead atoms. The molecular formula is C21H23F3N4OS2. The molecule has 3 heterocycles. The van der Waals surface area contributed by atoms with Crippen molar-refractivity contribution in [3.05, 3.63) is 45.9 Å². The van der Waals surface area contributed by atoms with E-state index in [9.17, 15) is 18.0 Å². The first-order valence-corrected chi connectivity index (χ1v) is 11.3. The maximum Gasteiger partial charge on any atom is 0.416 e. The van der Waals surface area contributed by atoms with E-state index in [2.05, 4.69) is 20.7 Å². The second-order valence-electron chi connectivity index (χ2n) is 7.15. The largest absolute Gasteiger partial charge is 0.416 e. The van der Waals surface area contributed by atoms with Crippen molar-refractivity contribution in [1.82, 2.24) is 9.97 Å². The Morgan fingerprint density at radius 1 is 1.19 bits per heavy atom. The molecule has 2 aromatic heterocycles. The molecule has 166 valence electrons. The maximum absolute atomic E-state index is 12.3. The van der Waals surface area contributed by atoms with Gasteiger partial charge in [0.25, 0.3) is 0 Å². The van der Waals surface area contributed by atoms with Crippen LogP contribution in [0.4, 0.5) is 24.0 Å². The number of halogens is 3. The fraction of sp³-hybridized carbons (Fsp3) is 0.381. The Balaban J connectivity index is 0.000000179. The van der Waals surface area contributed by atoms with Crippen LogP contribution in [-0.4, -0.2) is 36.4 Å². The van der Waals surface area contributed by atoms with E-state index in [0.29, 0.717) is 12.3 Å². The Hall–Kier alpha value is -2.46. The summed E-state index contributed by atoms with van der Waals surface area (Å²) in [5.74, 6) is 0.342. The van der Waals surface area contributed by atoms with Crippen molar-refractivity contribution in [2.45, 2.75) is 26.4 Å². The van der Waals surface area contributed by atoms with E-state index in [4.69, 9.17) is 0 Å². The summed E-state index contributed by atoms with van der Waals surface area (Å²) in [6.45, 7) is 5.53. The lowest BCUT2D eigenvalue weighted by molar-refractivity contribution is -0.137. The third-order valence-corrected chi connectivity index (χ3v) is 6.76. The van der Waals surface area contributed by atoms with Crippen LogP contribution in [-0.2, 0) is 11.0 Å². The van der Waals surface area contributed by atoms with Crippen molar-refractivity contribution >= 4 is 39.8 Å². The average Bonchev–Trinajstić information content (AvgIpc) is 3.30. The molecule has 0 amide bonds. The molecule has 0 saturated carbocycles. The molecule has 3 aromatic rings. The molecule has 5 nitrogen and oxygen atoms in total. The van der Waals surface area contributed by atoms with Crippen molar-refractivity contribution in [3.63, 3.8) is 0 Å². The van der Waals surface area contributed by atoms with E-state index < -0.39 is 11.7 Å². The number of carbonyl (C=O) groups excluding carboxylic acids is 1. The number of benzene rings is 1. The predicted molar refractivity (Wildman–Crippen MR) is 120 cm³/mol. The highest BCUT2D eigenvalue weighted by molar-refractivity contribution is 7.16. The first kappa shape index (κ1) is 23.2. The Bertz CT molecular complexity index is 1010. The fourth-order valence-corrected chi connectivity index (χ4v) is 4.81. The number of thiazole rings is 2. The molecular weight excluding hydrogens is 445 g/mol. The molecule has 0 aliphatic carbocycles. The number of carbonyl (C=O) groups is 1. The predicted octanol–water partition coefficient (Wildman–Crippen LogP) is 5.66. The minimum Gasteiger partial charge on any atom is -0.371 e. The second kappa shape index (κ2) is 9.78. The number of aldehydes is 1. The van der Waals surface area contributed by atoms with Gasteiger partial charge >= 0.3 is 6.18 Å². The molecule has 0 radical (unpaired) electrons. The van der Waals surface area contributed by atoms with Crippen LogP contribution in [0, 0.1) is 19.8 Å². The van der Waals surface area contributed by atoms with Crippen LogP contribution in [0.15, 0.2) is 29.6 Å². The zero-order valence-corrected chi connectivity index (χ0v) is 19.0. The number of rotatable bonds is 5. The minimum atomic E-state index is -4.28. The van der Waals surface area contributed by atoms with Gasteiger partial charge in [-0.15, -0.1) is 22.7 Å². The van der Waals surface area contributed by atoms with Crippen LogP contribution >= 0.6 is 22.7 Å². The molecule has 1 N–H and O–H groups in total. The lowest BCUT2D eigenvalue weighted by Gasteiger charge is -2.40. The number of hydrogen-bond acceptors (Lipinski definition) is 7.